The van der Waals surface area contributed by atoms with Crippen LogP contribution in [0.4, 0.5) is 14.5 Å². The zero-order valence-electron chi connectivity index (χ0n) is 8.14. The Bertz CT molecular complexity index is 398. The van der Waals surface area contributed by atoms with Crippen LogP contribution in [0.3, 0.4) is 0 Å². The lowest BCUT2D eigenvalue weighted by atomic mass is 10.1. The van der Waals surface area contributed by atoms with Crippen LogP contribution in [-0.2, 0) is 6.42 Å². The number of hydrogen-bond acceptors (Lipinski definition) is 4. The monoisotopic (exact) mass is 232 g/mol. The number of nitrogens with zero attached hydrogens (tertiary/aromatic N) is 1. The summed E-state index contributed by atoms with van der Waals surface area (Å²) in [6, 6.07) is 1.77. The van der Waals surface area contributed by atoms with E-state index in [2.05, 4.69) is 0 Å². The topological polar surface area (TPSA) is 89.4 Å². The molecule has 1 aromatic rings. The fourth-order valence-corrected chi connectivity index (χ4v) is 1.19. The first-order valence-corrected chi connectivity index (χ1v) is 4.42. The molecule has 0 saturated heterocycles. The number of phenolic OH excluding ortho intramolecular Hbond substituents is 1. The van der Waals surface area contributed by atoms with Crippen molar-refractivity contribution in [3.05, 3.63) is 33.9 Å². The third-order valence-corrected chi connectivity index (χ3v) is 2.05. The largest absolute Gasteiger partial charge is 0.508 e. The van der Waals surface area contributed by atoms with E-state index in [9.17, 15) is 24.0 Å². The summed E-state index contributed by atoms with van der Waals surface area (Å²) in [6.07, 6.45) is -3.05. The van der Waals surface area contributed by atoms with Gasteiger partial charge in [-0.3, -0.25) is 10.1 Å². The first-order chi connectivity index (χ1) is 7.41. The Morgan fingerprint density at radius 1 is 1.50 bits per heavy atom. The van der Waals surface area contributed by atoms with Crippen LogP contribution in [0.2, 0.25) is 0 Å². The summed E-state index contributed by atoms with van der Waals surface area (Å²) >= 11 is 0. The van der Waals surface area contributed by atoms with Gasteiger partial charge in [-0.1, -0.05) is 0 Å². The molecule has 1 aromatic carbocycles. The predicted octanol–water partition coefficient (Wildman–Crippen LogP) is 1.44. The minimum absolute atomic E-state index is 0.0435. The van der Waals surface area contributed by atoms with Gasteiger partial charge in [0.1, 0.15) is 5.75 Å². The Kier molecular flexibility index (Phi) is 3.73. The summed E-state index contributed by atoms with van der Waals surface area (Å²) in [6.45, 7) is 0. The summed E-state index contributed by atoms with van der Waals surface area (Å²) in [5, 5.41) is 19.8. The van der Waals surface area contributed by atoms with Crippen molar-refractivity contribution in [2.75, 3.05) is 0 Å². The highest BCUT2D eigenvalue weighted by atomic mass is 19.3. The van der Waals surface area contributed by atoms with Crippen LogP contribution in [-0.4, -0.2) is 22.5 Å². The van der Waals surface area contributed by atoms with Gasteiger partial charge >= 0.3 is 0 Å². The van der Waals surface area contributed by atoms with Gasteiger partial charge in [0.05, 0.1) is 11.0 Å². The molecule has 7 heteroatoms. The van der Waals surface area contributed by atoms with Crippen molar-refractivity contribution in [3.8, 4) is 5.75 Å². The second kappa shape index (κ2) is 4.84. The van der Waals surface area contributed by atoms with E-state index in [1.807, 2.05) is 0 Å². The van der Waals surface area contributed by atoms with Crippen LogP contribution in [0, 0.1) is 10.1 Å². The van der Waals surface area contributed by atoms with E-state index in [-0.39, 0.29) is 23.4 Å². The molecule has 1 rings (SSSR count). The highest BCUT2D eigenvalue weighted by Gasteiger charge is 2.19. The Hall–Kier alpha value is -1.76. The van der Waals surface area contributed by atoms with E-state index >= 15 is 0 Å². The van der Waals surface area contributed by atoms with Crippen molar-refractivity contribution in [2.24, 2.45) is 5.73 Å². The highest BCUT2D eigenvalue weighted by Crippen LogP contribution is 2.24. The smallest absolute Gasteiger partial charge is 0.269 e. The van der Waals surface area contributed by atoms with Crippen LogP contribution in [0.5, 0.6) is 5.75 Å². The number of nitro benzene ring substituents is 1. The minimum Gasteiger partial charge on any atom is -0.508 e. The summed E-state index contributed by atoms with van der Waals surface area (Å²) in [7, 11) is 0. The number of halogens is 2. The number of hydrogen-bond donors (Lipinski definition) is 2. The van der Waals surface area contributed by atoms with Gasteiger partial charge in [0, 0.05) is 17.7 Å². The molecule has 0 aliphatic rings. The maximum Gasteiger partial charge on any atom is 0.269 e. The van der Waals surface area contributed by atoms with Crippen molar-refractivity contribution < 1.29 is 18.8 Å². The number of nitrogens with two attached hydrogens (primary N) is 1. The second-order valence-electron chi connectivity index (χ2n) is 3.27. The maximum atomic E-state index is 12.2. The molecule has 0 saturated carbocycles. The average Bonchev–Trinajstić information content (AvgIpc) is 2.20. The zero-order valence-corrected chi connectivity index (χ0v) is 8.14. The molecule has 5 nitrogen and oxygen atoms in total. The predicted molar refractivity (Wildman–Crippen MR) is 52.4 cm³/mol. The normalized spacial score (nSPS) is 12.8. The van der Waals surface area contributed by atoms with Crippen LogP contribution in [0.15, 0.2) is 18.2 Å². The van der Waals surface area contributed by atoms with E-state index in [0.717, 1.165) is 18.2 Å². The number of alkyl halides is 2. The molecule has 0 aromatic heterocycles. The molecule has 0 heterocycles. The highest BCUT2D eigenvalue weighted by molar-refractivity contribution is 5.43. The van der Waals surface area contributed by atoms with Gasteiger partial charge in [0.25, 0.3) is 12.1 Å². The van der Waals surface area contributed by atoms with Crippen molar-refractivity contribution in [2.45, 2.75) is 18.9 Å². The average molecular weight is 232 g/mol. The maximum absolute atomic E-state index is 12.2. The summed E-state index contributed by atoms with van der Waals surface area (Å²) < 4.78 is 24.3. The van der Waals surface area contributed by atoms with E-state index in [1.54, 1.807) is 0 Å². The Morgan fingerprint density at radius 3 is 2.62 bits per heavy atom. The quantitative estimate of drug-likeness (QED) is 0.607. The molecule has 1 unspecified atom stereocenters. The van der Waals surface area contributed by atoms with Gasteiger partial charge in [0.15, 0.2) is 0 Å². The molecule has 0 aliphatic carbocycles. The van der Waals surface area contributed by atoms with Crippen LogP contribution in [0.25, 0.3) is 0 Å². The number of nitro groups is 1. The molecule has 0 fully saturated rings. The Morgan fingerprint density at radius 2 is 2.12 bits per heavy atom. The number of phenols is 1. The van der Waals surface area contributed by atoms with E-state index in [0.29, 0.717) is 0 Å². The Labute approximate surface area is 89.6 Å². The van der Waals surface area contributed by atoms with Crippen molar-refractivity contribution in [3.63, 3.8) is 0 Å². The van der Waals surface area contributed by atoms with Gasteiger partial charge in [0.2, 0.25) is 0 Å². The van der Waals surface area contributed by atoms with Gasteiger partial charge in [-0.15, -0.1) is 0 Å². The molecule has 1 atom stereocenters. The summed E-state index contributed by atoms with van der Waals surface area (Å²) in [4.78, 5) is 9.76. The third kappa shape index (κ3) is 2.86. The van der Waals surface area contributed by atoms with Gasteiger partial charge in [-0.05, 0) is 12.5 Å². The van der Waals surface area contributed by atoms with Gasteiger partial charge < -0.3 is 10.8 Å². The molecular formula is C9H10F2N2O3. The zero-order chi connectivity index (χ0) is 12.3. The van der Waals surface area contributed by atoms with Gasteiger partial charge in [-0.2, -0.15) is 0 Å². The molecule has 3 N–H and O–H groups in total. The lowest BCUT2D eigenvalue weighted by Crippen LogP contribution is -2.30. The van der Waals surface area contributed by atoms with Crippen molar-refractivity contribution in [1.29, 1.82) is 0 Å². The molecule has 0 amide bonds. The number of non-ortho nitro benzene ring substituents is 1. The lowest BCUT2D eigenvalue weighted by Gasteiger charge is -2.11. The standard InChI is InChI=1S/C9H10F2N2O3/c10-9(11)7(12)4-5-3-6(13(15)16)1-2-8(5)14/h1-3,7,9,14H,4,12H2. The van der Waals surface area contributed by atoms with Crippen LogP contribution >= 0.6 is 0 Å². The molecule has 0 spiro atoms. The summed E-state index contributed by atoms with van der Waals surface area (Å²) in [5.74, 6) is -0.276. The molecule has 0 radical (unpaired) electrons. The molecule has 0 bridgehead atoms. The van der Waals surface area contributed by atoms with E-state index < -0.39 is 17.4 Å². The van der Waals surface area contributed by atoms with Gasteiger partial charge in [-0.25, -0.2) is 8.78 Å². The second-order valence-corrected chi connectivity index (χ2v) is 3.27. The van der Waals surface area contributed by atoms with E-state index in [1.165, 1.54) is 0 Å². The molecule has 88 valence electrons. The first-order valence-electron chi connectivity index (χ1n) is 4.42. The SMILES string of the molecule is NC(Cc1cc([N+](=O)[O-])ccc1O)C(F)F. The number of rotatable bonds is 4. The molecular weight excluding hydrogens is 222 g/mol. The number of aromatic hydroxyl groups is 1. The van der Waals surface area contributed by atoms with Crippen molar-refractivity contribution in [1.82, 2.24) is 0 Å². The first kappa shape index (κ1) is 12.3. The minimum atomic E-state index is -2.74. The molecule has 0 aliphatic heterocycles. The fourth-order valence-electron chi connectivity index (χ4n) is 1.19. The fraction of sp³-hybridized carbons (Fsp3) is 0.333. The van der Waals surface area contributed by atoms with Crippen molar-refractivity contribution >= 4 is 5.69 Å². The Balaban J connectivity index is 2.94. The number of benzene rings is 1. The molecule has 16 heavy (non-hydrogen) atoms. The van der Waals surface area contributed by atoms with E-state index in [4.69, 9.17) is 5.73 Å². The third-order valence-electron chi connectivity index (χ3n) is 2.05. The lowest BCUT2D eigenvalue weighted by molar-refractivity contribution is -0.384. The summed E-state index contributed by atoms with van der Waals surface area (Å²) in [5.41, 5.74) is 4.89. The van der Waals surface area contributed by atoms with Crippen LogP contribution in [0.1, 0.15) is 5.56 Å². The van der Waals surface area contributed by atoms with Crippen LogP contribution < -0.4 is 5.73 Å².